The van der Waals surface area contributed by atoms with Crippen LogP contribution in [-0.2, 0) is 11.2 Å². The van der Waals surface area contributed by atoms with E-state index in [0.717, 1.165) is 11.1 Å². The Labute approximate surface area is 132 Å². The van der Waals surface area contributed by atoms with Crippen LogP contribution in [0.25, 0.3) is 11.5 Å². The molecular weight excluding hydrogens is 294 g/mol. The van der Waals surface area contributed by atoms with Gasteiger partial charge in [-0.1, -0.05) is 48.5 Å². The van der Waals surface area contributed by atoms with Crippen LogP contribution >= 0.6 is 0 Å². The van der Waals surface area contributed by atoms with E-state index in [1.807, 2.05) is 60.7 Å². The van der Waals surface area contributed by atoms with Crippen molar-refractivity contribution in [3.8, 4) is 11.5 Å². The average Bonchev–Trinajstić information content (AvgIpc) is 3.06. The number of aromatic nitrogens is 2. The molecule has 0 aliphatic carbocycles. The first-order chi connectivity index (χ1) is 11.2. The van der Waals surface area contributed by atoms with E-state index in [9.17, 15) is 4.79 Å². The molecule has 3 rings (SSSR count). The minimum atomic E-state index is -0.884. The van der Waals surface area contributed by atoms with E-state index in [1.54, 1.807) is 0 Å². The fourth-order valence-corrected chi connectivity index (χ4v) is 2.21. The van der Waals surface area contributed by atoms with Crippen molar-refractivity contribution in [1.29, 1.82) is 0 Å². The number of carbonyl (C=O) groups is 1. The van der Waals surface area contributed by atoms with Gasteiger partial charge >= 0.3 is 6.09 Å². The number of hydrogen-bond acceptors (Lipinski definition) is 5. The van der Waals surface area contributed by atoms with Gasteiger partial charge in [0, 0.05) is 12.0 Å². The minimum Gasteiger partial charge on any atom is -0.436 e. The zero-order valence-corrected chi connectivity index (χ0v) is 12.3. The fourth-order valence-electron chi connectivity index (χ4n) is 2.21. The first-order valence-electron chi connectivity index (χ1n) is 7.11. The third-order valence-electron chi connectivity index (χ3n) is 3.26. The monoisotopic (exact) mass is 309 g/mol. The molecular formula is C17H15N3O3. The number of nitrogens with zero attached hydrogens (tertiary/aromatic N) is 2. The van der Waals surface area contributed by atoms with Gasteiger partial charge in [-0.15, -0.1) is 10.2 Å². The standard InChI is InChI=1S/C17H15N3O3/c18-17(21)22-14(11-12-7-3-1-4-8-12)16-20-19-15(23-16)13-9-5-2-6-10-13/h1-10,14H,11H2,(H2,18,21)/t14-/m1/s1. The summed E-state index contributed by atoms with van der Waals surface area (Å²) >= 11 is 0. The molecule has 6 nitrogen and oxygen atoms in total. The lowest BCUT2D eigenvalue weighted by molar-refractivity contribution is 0.0898. The number of benzene rings is 2. The molecule has 0 fully saturated rings. The van der Waals surface area contributed by atoms with Gasteiger partial charge in [0.25, 0.3) is 5.89 Å². The van der Waals surface area contributed by atoms with Gasteiger partial charge in [0.2, 0.25) is 5.89 Å². The number of ether oxygens (including phenoxy) is 1. The van der Waals surface area contributed by atoms with Crippen LogP contribution in [0.2, 0.25) is 0 Å². The minimum absolute atomic E-state index is 0.214. The first-order valence-corrected chi connectivity index (χ1v) is 7.11. The SMILES string of the molecule is NC(=O)O[C@H](Cc1ccccc1)c1nnc(-c2ccccc2)o1. The van der Waals surface area contributed by atoms with Crippen molar-refractivity contribution in [2.75, 3.05) is 0 Å². The van der Waals surface area contributed by atoms with Crippen LogP contribution < -0.4 is 5.73 Å². The predicted octanol–water partition coefficient (Wildman–Crippen LogP) is 3.12. The zero-order chi connectivity index (χ0) is 16.1. The molecule has 1 aromatic heterocycles. The highest BCUT2D eigenvalue weighted by atomic mass is 16.6. The molecule has 0 spiro atoms. The van der Waals surface area contributed by atoms with Crippen molar-refractivity contribution in [2.24, 2.45) is 5.73 Å². The molecule has 0 saturated heterocycles. The van der Waals surface area contributed by atoms with Gasteiger partial charge in [0.05, 0.1) is 0 Å². The summed E-state index contributed by atoms with van der Waals surface area (Å²) in [5.74, 6) is 0.582. The van der Waals surface area contributed by atoms with Crippen LogP contribution in [0, 0.1) is 0 Å². The highest BCUT2D eigenvalue weighted by Crippen LogP contribution is 2.25. The summed E-state index contributed by atoms with van der Waals surface area (Å²) < 4.78 is 10.8. The van der Waals surface area contributed by atoms with E-state index >= 15 is 0 Å². The molecule has 0 aliphatic rings. The molecule has 0 aliphatic heterocycles. The van der Waals surface area contributed by atoms with Gasteiger partial charge in [-0.2, -0.15) is 0 Å². The number of hydrogen-bond donors (Lipinski definition) is 1. The number of amides is 1. The molecule has 1 heterocycles. The summed E-state index contributed by atoms with van der Waals surface area (Å²) in [6.07, 6.45) is -1.20. The zero-order valence-electron chi connectivity index (χ0n) is 12.3. The lowest BCUT2D eigenvalue weighted by Gasteiger charge is -2.12. The fraction of sp³-hybridized carbons (Fsp3) is 0.118. The summed E-state index contributed by atoms with van der Waals surface area (Å²) in [5, 5.41) is 8.00. The lowest BCUT2D eigenvalue weighted by atomic mass is 10.1. The molecule has 3 aromatic rings. The molecule has 2 aromatic carbocycles. The van der Waals surface area contributed by atoms with Gasteiger partial charge in [0.1, 0.15) is 0 Å². The second-order valence-electron chi connectivity index (χ2n) is 4.93. The number of carbonyl (C=O) groups excluding carboxylic acids is 1. The summed E-state index contributed by atoms with van der Waals surface area (Å²) in [5.41, 5.74) is 6.92. The number of primary amides is 1. The first kappa shape index (κ1) is 14.8. The molecule has 23 heavy (non-hydrogen) atoms. The van der Waals surface area contributed by atoms with E-state index in [0.29, 0.717) is 12.3 Å². The van der Waals surface area contributed by atoms with Crippen LogP contribution in [0.5, 0.6) is 0 Å². The largest absolute Gasteiger partial charge is 0.436 e. The summed E-state index contributed by atoms with van der Waals surface area (Å²) in [6, 6.07) is 18.9. The molecule has 6 heteroatoms. The summed E-state index contributed by atoms with van der Waals surface area (Å²) in [6.45, 7) is 0. The smallest absolute Gasteiger partial charge is 0.405 e. The van der Waals surface area contributed by atoms with Crippen LogP contribution in [0.4, 0.5) is 4.79 Å². The molecule has 116 valence electrons. The predicted molar refractivity (Wildman–Crippen MR) is 83.3 cm³/mol. The van der Waals surface area contributed by atoms with E-state index in [-0.39, 0.29) is 5.89 Å². The van der Waals surface area contributed by atoms with Gasteiger partial charge in [-0.3, -0.25) is 0 Å². The molecule has 0 saturated carbocycles. The van der Waals surface area contributed by atoms with Gasteiger partial charge < -0.3 is 14.9 Å². The summed E-state index contributed by atoms with van der Waals surface area (Å²) in [7, 11) is 0. The highest BCUT2D eigenvalue weighted by molar-refractivity contribution is 5.65. The topological polar surface area (TPSA) is 91.2 Å². The van der Waals surface area contributed by atoms with Crippen LogP contribution in [0.3, 0.4) is 0 Å². The Morgan fingerprint density at radius 3 is 2.35 bits per heavy atom. The Morgan fingerprint density at radius 2 is 1.70 bits per heavy atom. The number of rotatable bonds is 5. The van der Waals surface area contributed by atoms with Gasteiger partial charge in [-0.25, -0.2) is 4.79 Å². The quantitative estimate of drug-likeness (QED) is 0.782. The molecule has 0 unspecified atom stereocenters. The Kier molecular flexibility index (Phi) is 4.33. The Balaban J connectivity index is 1.85. The van der Waals surface area contributed by atoms with Crippen LogP contribution in [0.15, 0.2) is 65.1 Å². The Hall–Kier alpha value is -3.15. The highest BCUT2D eigenvalue weighted by Gasteiger charge is 2.23. The van der Waals surface area contributed by atoms with Gasteiger partial charge in [0.15, 0.2) is 6.10 Å². The van der Waals surface area contributed by atoms with Crippen molar-refractivity contribution >= 4 is 6.09 Å². The second kappa shape index (κ2) is 6.74. The summed E-state index contributed by atoms with van der Waals surface area (Å²) in [4.78, 5) is 11.2. The average molecular weight is 309 g/mol. The second-order valence-corrected chi connectivity index (χ2v) is 4.93. The maximum Gasteiger partial charge on any atom is 0.405 e. The van der Waals surface area contributed by atoms with Crippen molar-refractivity contribution in [3.63, 3.8) is 0 Å². The van der Waals surface area contributed by atoms with Crippen molar-refractivity contribution in [1.82, 2.24) is 10.2 Å². The Bertz CT molecular complexity index is 772. The van der Waals surface area contributed by atoms with Crippen LogP contribution in [0.1, 0.15) is 17.6 Å². The van der Waals surface area contributed by atoms with Gasteiger partial charge in [-0.05, 0) is 17.7 Å². The molecule has 1 atom stereocenters. The normalized spacial score (nSPS) is 11.8. The van der Waals surface area contributed by atoms with E-state index in [2.05, 4.69) is 10.2 Å². The van der Waals surface area contributed by atoms with E-state index in [1.165, 1.54) is 0 Å². The third kappa shape index (κ3) is 3.74. The molecule has 2 N–H and O–H groups in total. The van der Waals surface area contributed by atoms with E-state index < -0.39 is 12.2 Å². The Morgan fingerprint density at radius 1 is 1.04 bits per heavy atom. The molecule has 1 amide bonds. The van der Waals surface area contributed by atoms with Crippen molar-refractivity contribution in [3.05, 3.63) is 72.1 Å². The maximum absolute atomic E-state index is 11.2. The molecule has 0 bridgehead atoms. The van der Waals surface area contributed by atoms with E-state index in [4.69, 9.17) is 14.9 Å². The lowest BCUT2D eigenvalue weighted by Crippen LogP contribution is -2.19. The van der Waals surface area contributed by atoms with Crippen molar-refractivity contribution in [2.45, 2.75) is 12.5 Å². The van der Waals surface area contributed by atoms with Crippen molar-refractivity contribution < 1.29 is 13.9 Å². The molecule has 0 radical (unpaired) electrons. The van der Waals surface area contributed by atoms with Crippen LogP contribution in [-0.4, -0.2) is 16.3 Å². The third-order valence-corrected chi connectivity index (χ3v) is 3.26. The maximum atomic E-state index is 11.2. The number of nitrogens with two attached hydrogens (primary N) is 1.